The van der Waals surface area contributed by atoms with Gasteiger partial charge >= 0.3 is 0 Å². The smallest absolute Gasteiger partial charge is 0.255 e. The Balaban J connectivity index is 1.39. The van der Waals surface area contributed by atoms with Crippen LogP contribution in [0.1, 0.15) is 50.2 Å². The number of hydrogen-bond acceptors (Lipinski definition) is 5. The molecule has 1 amide bonds. The third-order valence-corrected chi connectivity index (χ3v) is 5.58. The van der Waals surface area contributed by atoms with Crippen LogP contribution in [0.3, 0.4) is 0 Å². The number of fused-ring (bicyclic) bond motifs is 1. The van der Waals surface area contributed by atoms with Gasteiger partial charge in [-0.25, -0.2) is 0 Å². The lowest BCUT2D eigenvalue weighted by Crippen LogP contribution is -2.28. The predicted molar refractivity (Wildman–Crippen MR) is 114 cm³/mol. The number of furan rings is 1. The van der Waals surface area contributed by atoms with Gasteiger partial charge in [-0.2, -0.15) is 0 Å². The van der Waals surface area contributed by atoms with Gasteiger partial charge in [-0.1, -0.05) is 29.3 Å². The van der Waals surface area contributed by atoms with Crippen molar-refractivity contribution in [3.05, 3.63) is 69.7 Å². The van der Waals surface area contributed by atoms with Crippen molar-refractivity contribution in [2.45, 2.75) is 53.8 Å². The molecular formula is C23H29N5O2. The number of benzene rings is 1. The fraction of sp³-hybridized carbons (Fsp3) is 0.435. The normalized spacial score (nSPS) is 14.4. The molecule has 1 aromatic carbocycles. The Bertz CT molecular complexity index is 1050. The summed E-state index contributed by atoms with van der Waals surface area (Å²) in [5.74, 6) is 3.00. The average Bonchev–Trinajstić information content (AvgIpc) is 3.16. The molecule has 30 heavy (non-hydrogen) atoms. The van der Waals surface area contributed by atoms with Gasteiger partial charge in [-0.05, 0) is 39.3 Å². The van der Waals surface area contributed by atoms with Crippen molar-refractivity contribution < 1.29 is 9.21 Å². The highest BCUT2D eigenvalue weighted by Crippen LogP contribution is 2.16. The van der Waals surface area contributed by atoms with Crippen LogP contribution in [0, 0.1) is 27.7 Å². The Kier molecular flexibility index (Phi) is 5.72. The van der Waals surface area contributed by atoms with E-state index in [1.54, 1.807) is 13.0 Å². The van der Waals surface area contributed by atoms with Gasteiger partial charge in [0.25, 0.3) is 5.91 Å². The summed E-state index contributed by atoms with van der Waals surface area (Å²) < 4.78 is 7.60. The van der Waals surface area contributed by atoms with Crippen molar-refractivity contribution in [1.82, 2.24) is 25.0 Å². The summed E-state index contributed by atoms with van der Waals surface area (Å²) in [5, 5.41) is 11.7. The van der Waals surface area contributed by atoms with Crippen LogP contribution in [0.2, 0.25) is 0 Å². The second-order valence-electron chi connectivity index (χ2n) is 8.22. The van der Waals surface area contributed by atoms with E-state index >= 15 is 0 Å². The Morgan fingerprint density at radius 3 is 2.50 bits per heavy atom. The number of amides is 1. The fourth-order valence-corrected chi connectivity index (χ4v) is 4.24. The number of rotatable bonds is 5. The molecule has 1 aliphatic rings. The zero-order valence-corrected chi connectivity index (χ0v) is 18.2. The molecule has 0 saturated heterocycles. The second-order valence-corrected chi connectivity index (χ2v) is 8.22. The van der Waals surface area contributed by atoms with Gasteiger partial charge in [-0.3, -0.25) is 9.69 Å². The highest BCUT2D eigenvalue weighted by molar-refractivity contribution is 5.95. The SMILES string of the molecule is Cc1cc(C)cc(CN2CCc3nnc(CNC(=O)c4cc(C)oc4C)n3CC2)c1. The van der Waals surface area contributed by atoms with Crippen molar-refractivity contribution in [2.24, 2.45) is 0 Å². The molecule has 0 fully saturated rings. The van der Waals surface area contributed by atoms with Crippen molar-refractivity contribution in [1.29, 1.82) is 0 Å². The number of carbonyl (C=O) groups is 1. The van der Waals surface area contributed by atoms with Gasteiger partial charge in [0.2, 0.25) is 0 Å². The molecule has 0 spiro atoms. The van der Waals surface area contributed by atoms with Crippen LogP contribution in [0.4, 0.5) is 0 Å². The van der Waals surface area contributed by atoms with Crippen molar-refractivity contribution in [2.75, 3.05) is 13.1 Å². The van der Waals surface area contributed by atoms with Gasteiger partial charge in [0, 0.05) is 32.6 Å². The van der Waals surface area contributed by atoms with Crippen LogP contribution in [0.25, 0.3) is 0 Å². The highest BCUT2D eigenvalue weighted by Gasteiger charge is 2.20. The van der Waals surface area contributed by atoms with Crippen LogP contribution in [-0.4, -0.2) is 38.7 Å². The van der Waals surface area contributed by atoms with Crippen LogP contribution in [-0.2, 0) is 26.1 Å². The molecule has 0 aliphatic carbocycles. The summed E-state index contributed by atoms with van der Waals surface area (Å²) in [4.78, 5) is 14.9. The molecule has 4 rings (SSSR count). The van der Waals surface area contributed by atoms with E-state index in [9.17, 15) is 4.79 Å². The molecule has 0 saturated carbocycles. The molecule has 1 N–H and O–H groups in total. The number of nitrogens with one attached hydrogen (secondary N) is 1. The molecular weight excluding hydrogens is 378 g/mol. The molecule has 3 heterocycles. The van der Waals surface area contributed by atoms with E-state index in [0.29, 0.717) is 17.9 Å². The minimum absolute atomic E-state index is 0.147. The lowest BCUT2D eigenvalue weighted by atomic mass is 10.1. The molecule has 1 aliphatic heterocycles. The van der Waals surface area contributed by atoms with Crippen LogP contribution < -0.4 is 5.32 Å². The lowest BCUT2D eigenvalue weighted by Gasteiger charge is -2.20. The number of hydrogen-bond donors (Lipinski definition) is 1. The Morgan fingerprint density at radius 1 is 1.03 bits per heavy atom. The molecule has 3 aromatic rings. The fourth-order valence-electron chi connectivity index (χ4n) is 4.24. The van der Waals surface area contributed by atoms with Gasteiger partial charge in [-0.15, -0.1) is 10.2 Å². The van der Waals surface area contributed by atoms with Gasteiger partial charge < -0.3 is 14.3 Å². The highest BCUT2D eigenvalue weighted by atomic mass is 16.3. The number of nitrogens with zero attached hydrogens (tertiary/aromatic N) is 4. The van der Waals surface area contributed by atoms with E-state index in [2.05, 4.69) is 57.0 Å². The third kappa shape index (κ3) is 4.46. The predicted octanol–water partition coefficient (Wildman–Crippen LogP) is 3.09. The van der Waals surface area contributed by atoms with Crippen LogP contribution in [0.15, 0.2) is 28.7 Å². The minimum atomic E-state index is -0.147. The third-order valence-electron chi connectivity index (χ3n) is 5.58. The zero-order valence-electron chi connectivity index (χ0n) is 18.2. The number of aryl methyl sites for hydroxylation is 4. The van der Waals surface area contributed by atoms with Gasteiger partial charge in [0.1, 0.15) is 17.3 Å². The lowest BCUT2D eigenvalue weighted by molar-refractivity contribution is 0.0948. The largest absolute Gasteiger partial charge is 0.466 e. The molecule has 0 bridgehead atoms. The molecule has 0 atom stereocenters. The first-order valence-corrected chi connectivity index (χ1v) is 10.4. The van der Waals surface area contributed by atoms with E-state index in [1.165, 1.54) is 16.7 Å². The van der Waals surface area contributed by atoms with E-state index in [0.717, 1.165) is 50.0 Å². The van der Waals surface area contributed by atoms with Crippen LogP contribution >= 0.6 is 0 Å². The van der Waals surface area contributed by atoms with Crippen molar-refractivity contribution in [3.63, 3.8) is 0 Å². The first kappa shape index (κ1) is 20.3. The Hall–Kier alpha value is -2.93. The monoisotopic (exact) mass is 407 g/mol. The van der Waals surface area contributed by atoms with Gasteiger partial charge in [0.05, 0.1) is 12.1 Å². The summed E-state index contributed by atoms with van der Waals surface area (Å²) >= 11 is 0. The zero-order chi connectivity index (χ0) is 21.3. The standard InChI is InChI=1S/C23H29N5O2/c1-15-9-16(2)11-19(10-15)14-27-6-5-21-25-26-22(28(21)8-7-27)13-24-23(29)20-12-17(3)30-18(20)4/h9-12H,5-8,13-14H2,1-4H3,(H,24,29). The topological polar surface area (TPSA) is 76.2 Å². The quantitative estimate of drug-likeness (QED) is 0.703. The maximum Gasteiger partial charge on any atom is 0.255 e. The molecule has 158 valence electrons. The van der Waals surface area contributed by atoms with E-state index in [-0.39, 0.29) is 5.91 Å². The molecule has 2 aromatic heterocycles. The van der Waals surface area contributed by atoms with Crippen molar-refractivity contribution in [3.8, 4) is 0 Å². The maximum absolute atomic E-state index is 12.5. The summed E-state index contributed by atoms with van der Waals surface area (Å²) in [7, 11) is 0. The van der Waals surface area contributed by atoms with Gasteiger partial charge in [0.15, 0.2) is 5.82 Å². The second kappa shape index (κ2) is 8.44. The summed E-state index contributed by atoms with van der Waals surface area (Å²) in [6.45, 7) is 11.9. The molecule has 0 radical (unpaired) electrons. The first-order valence-electron chi connectivity index (χ1n) is 10.4. The first-order chi connectivity index (χ1) is 14.4. The van der Waals surface area contributed by atoms with Crippen LogP contribution in [0.5, 0.6) is 0 Å². The van der Waals surface area contributed by atoms with E-state index < -0.39 is 0 Å². The number of carbonyl (C=O) groups excluding carboxylic acids is 1. The summed E-state index contributed by atoms with van der Waals surface area (Å²) in [6, 6.07) is 8.50. The Labute approximate surface area is 177 Å². The summed E-state index contributed by atoms with van der Waals surface area (Å²) in [5.41, 5.74) is 4.53. The van der Waals surface area contributed by atoms with E-state index in [1.807, 2.05) is 6.92 Å². The van der Waals surface area contributed by atoms with E-state index in [4.69, 9.17) is 4.42 Å². The number of aromatic nitrogens is 3. The van der Waals surface area contributed by atoms with Crippen molar-refractivity contribution >= 4 is 5.91 Å². The molecule has 7 nitrogen and oxygen atoms in total. The maximum atomic E-state index is 12.5. The molecule has 7 heteroatoms. The minimum Gasteiger partial charge on any atom is -0.466 e. The Morgan fingerprint density at radius 2 is 1.80 bits per heavy atom. The summed E-state index contributed by atoms with van der Waals surface area (Å²) in [6.07, 6.45) is 0.853. The average molecular weight is 408 g/mol. The molecule has 0 unspecified atom stereocenters.